The molecule has 3 heteroatoms. The van der Waals surface area contributed by atoms with Crippen molar-refractivity contribution in [1.29, 1.82) is 0 Å². The maximum atomic E-state index is 2.46. The lowest BCUT2D eigenvalue weighted by molar-refractivity contribution is 1.42. The van der Waals surface area contributed by atoms with Crippen molar-refractivity contribution in [2.45, 2.75) is 53.1 Å². The van der Waals surface area contributed by atoms with E-state index < -0.39 is 16.1 Å². The highest BCUT2D eigenvalue weighted by Gasteiger charge is 2.28. The molecule has 0 nitrogen and oxygen atoms in total. The third kappa shape index (κ3) is 2.63. The Morgan fingerprint density at radius 1 is 0.667 bits per heavy atom. The minimum atomic E-state index is -1.13. The van der Waals surface area contributed by atoms with Crippen molar-refractivity contribution in [3.05, 3.63) is 11.1 Å². The Kier molecular flexibility index (Phi) is 3.40. The first-order valence-corrected chi connectivity index (χ1v) is 13.5. The molecule has 0 spiro atoms. The van der Waals surface area contributed by atoms with Crippen LogP contribution in [0, 0.1) is 13.8 Å². The number of hydrogen-bond acceptors (Lipinski definition) is 1. The number of rotatable bonds is 2. The summed E-state index contributed by atoms with van der Waals surface area (Å²) in [4.78, 5) is 0. The molecular weight excluding hydrogens is 232 g/mol. The lowest BCUT2D eigenvalue weighted by Gasteiger charge is -2.16. The monoisotopic (exact) mass is 256 g/mol. The molecule has 0 unspecified atom stereocenters. The van der Waals surface area contributed by atoms with Crippen LogP contribution in [-0.4, -0.2) is 16.1 Å². The van der Waals surface area contributed by atoms with Crippen LogP contribution >= 0.6 is 11.3 Å². The number of hydrogen-bond donors (Lipinski definition) is 0. The Morgan fingerprint density at radius 2 is 0.933 bits per heavy atom. The molecule has 0 atom stereocenters. The van der Waals surface area contributed by atoms with E-state index in [2.05, 4.69) is 64.5 Å². The molecular formula is C12H24SSi2. The van der Waals surface area contributed by atoms with E-state index >= 15 is 0 Å². The van der Waals surface area contributed by atoms with E-state index in [4.69, 9.17) is 0 Å². The van der Waals surface area contributed by atoms with Crippen LogP contribution in [0.2, 0.25) is 39.3 Å². The molecule has 0 aliphatic rings. The van der Waals surface area contributed by atoms with Crippen molar-refractivity contribution in [1.82, 2.24) is 0 Å². The molecule has 0 fully saturated rings. The summed E-state index contributed by atoms with van der Waals surface area (Å²) < 4.78 is 3.44. The van der Waals surface area contributed by atoms with E-state index in [0.29, 0.717) is 0 Å². The SMILES string of the molecule is Cc1c([Si](C)(C)C)sc([Si](C)(C)C)c1C. The molecule has 1 aromatic heterocycles. The summed E-state index contributed by atoms with van der Waals surface area (Å²) in [6, 6.07) is 0. The van der Waals surface area contributed by atoms with Crippen LogP contribution in [0.3, 0.4) is 0 Å². The van der Waals surface area contributed by atoms with Gasteiger partial charge in [0.25, 0.3) is 0 Å². The van der Waals surface area contributed by atoms with Gasteiger partial charge in [-0.25, -0.2) is 0 Å². The van der Waals surface area contributed by atoms with E-state index in [-0.39, 0.29) is 0 Å². The summed E-state index contributed by atoms with van der Waals surface area (Å²) in [5.74, 6) is 0. The Labute approximate surface area is 101 Å². The summed E-state index contributed by atoms with van der Waals surface area (Å²) in [7, 11) is -2.25. The van der Waals surface area contributed by atoms with E-state index in [0.717, 1.165) is 0 Å². The highest BCUT2D eigenvalue weighted by atomic mass is 32.1. The first-order valence-electron chi connectivity index (χ1n) is 5.66. The maximum absolute atomic E-state index is 2.46. The minimum absolute atomic E-state index is 1.13. The van der Waals surface area contributed by atoms with Crippen LogP contribution in [0.5, 0.6) is 0 Å². The molecule has 0 bridgehead atoms. The molecule has 1 heterocycles. The zero-order chi connectivity index (χ0) is 12.0. The van der Waals surface area contributed by atoms with Crippen molar-refractivity contribution in [3.63, 3.8) is 0 Å². The first kappa shape index (κ1) is 13.2. The lowest BCUT2D eigenvalue weighted by Crippen LogP contribution is -2.39. The van der Waals surface area contributed by atoms with Crippen LogP contribution in [-0.2, 0) is 0 Å². The van der Waals surface area contributed by atoms with Crippen LogP contribution in [0.25, 0.3) is 0 Å². The summed E-state index contributed by atoms with van der Waals surface area (Å²) >= 11 is 2.12. The Morgan fingerprint density at radius 3 is 1.07 bits per heavy atom. The van der Waals surface area contributed by atoms with Gasteiger partial charge in [0.2, 0.25) is 0 Å². The standard InChI is InChI=1S/C12H24SSi2/c1-9-10(2)12(15(6,7)8)13-11(9)14(3,4)5/h1-8H3. The fourth-order valence-electron chi connectivity index (χ4n) is 2.03. The van der Waals surface area contributed by atoms with Crippen LogP contribution in [0.4, 0.5) is 0 Å². The molecule has 0 aliphatic carbocycles. The van der Waals surface area contributed by atoms with E-state index in [1.54, 1.807) is 20.1 Å². The van der Waals surface area contributed by atoms with Gasteiger partial charge in [0.15, 0.2) is 0 Å². The van der Waals surface area contributed by atoms with Crippen LogP contribution in [0.15, 0.2) is 0 Å². The van der Waals surface area contributed by atoms with Crippen LogP contribution < -0.4 is 9.00 Å². The van der Waals surface area contributed by atoms with Gasteiger partial charge in [0.1, 0.15) is 0 Å². The average molecular weight is 257 g/mol. The smallest absolute Gasteiger partial charge is 0.0907 e. The van der Waals surface area contributed by atoms with Gasteiger partial charge in [0, 0.05) is 0 Å². The van der Waals surface area contributed by atoms with Crippen molar-refractivity contribution < 1.29 is 0 Å². The molecule has 86 valence electrons. The average Bonchev–Trinajstić information content (AvgIpc) is 2.26. The molecule has 0 aromatic carbocycles. The normalized spacial score (nSPS) is 13.3. The summed E-state index contributed by atoms with van der Waals surface area (Å²) in [5.41, 5.74) is 3.19. The van der Waals surface area contributed by atoms with Gasteiger partial charge in [-0.2, -0.15) is 11.3 Å². The predicted octanol–water partition coefficient (Wildman–Crippen LogP) is 3.46. The van der Waals surface area contributed by atoms with E-state index in [9.17, 15) is 0 Å². The predicted molar refractivity (Wildman–Crippen MR) is 79.8 cm³/mol. The molecule has 0 radical (unpaired) electrons. The molecule has 0 N–H and O–H groups in total. The summed E-state index contributed by atoms with van der Waals surface area (Å²) in [6.07, 6.45) is 0. The first-order chi connectivity index (χ1) is 6.55. The largest absolute Gasteiger partial charge is 0.154 e. The fourth-order valence-corrected chi connectivity index (χ4v) is 8.84. The molecule has 0 amide bonds. The van der Waals surface area contributed by atoms with E-state index in [1.807, 2.05) is 0 Å². The van der Waals surface area contributed by atoms with Crippen molar-refractivity contribution >= 4 is 36.5 Å². The van der Waals surface area contributed by atoms with Gasteiger partial charge < -0.3 is 0 Å². The topological polar surface area (TPSA) is 0 Å². The third-order valence-electron chi connectivity index (χ3n) is 2.81. The minimum Gasteiger partial charge on any atom is -0.154 e. The van der Waals surface area contributed by atoms with Crippen molar-refractivity contribution in [2.75, 3.05) is 0 Å². The Bertz CT molecular complexity index is 330. The van der Waals surface area contributed by atoms with E-state index in [1.165, 1.54) is 0 Å². The quantitative estimate of drug-likeness (QED) is 0.711. The summed E-state index contributed by atoms with van der Waals surface area (Å²) in [6.45, 7) is 19.4. The third-order valence-corrected chi connectivity index (χ3v) is 11.6. The fraction of sp³-hybridized carbons (Fsp3) is 0.667. The van der Waals surface area contributed by atoms with Crippen LogP contribution in [0.1, 0.15) is 11.1 Å². The Hall–Kier alpha value is 0.134. The summed E-state index contributed by atoms with van der Waals surface area (Å²) in [5, 5.41) is 0. The van der Waals surface area contributed by atoms with Crippen molar-refractivity contribution in [2.24, 2.45) is 0 Å². The van der Waals surface area contributed by atoms with Gasteiger partial charge in [0.05, 0.1) is 16.1 Å². The highest BCUT2D eigenvalue weighted by Crippen LogP contribution is 2.19. The lowest BCUT2D eigenvalue weighted by atomic mass is 10.2. The second-order valence-corrected chi connectivity index (χ2v) is 18.3. The second-order valence-electron chi connectivity index (χ2n) is 6.51. The second kappa shape index (κ2) is 3.86. The van der Waals surface area contributed by atoms with Gasteiger partial charge in [-0.3, -0.25) is 0 Å². The van der Waals surface area contributed by atoms with Crippen molar-refractivity contribution in [3.8, 4) is 0 Å². The van der Waals surface area contributed by atoms with Gasteiger partial charge >= 0.3 is 0 Å². The molecule has 0 aliphatic heterocycles. The van der Waals surface area contributed by atoms with Gasteiger partial charge in [-0.15, -0.1) is 0 Å². The molecule has 1 aromatic rings. The van der Waals surface area contributed by atoms with Gasteiger partial charge in [-0.05, 0) is 34.0 Å². The molecule has 15 heavy (non-hydrogen) atoms. The highest BCUT2D eigenvalue weighted by molar-refractivity contribution is 7.35. The molecule has 0 saturated heterocycles. The zero-order valence-electron chi connectivity index (χ0n) is 11.4. The van der Waals surface area contributed by atoms with Gasteiger partial charge in [-0.1, -0.05) is 39.3 Å². The Balaban J connectivity index is 3.38. The molecule has 0 saturated carbocycles. The molecule has 1 rings (SSSR count). The maximum Gasteiger partial charge on any atom is 0.0907 e. The number of thiophene rings is 1. The zero-order valence-corrected chi connectivity index (χ0v) is 14.2.